The predicted octanol–water partition coefficient (Wildman–Crippen LogP) is 3.57. The molecule has 1 N–H and O–H groups in total. The monoisotopic (exact) mass is 336 g/mol. The second-order valence-electron chi connectivity index (χ2n) is 5.07. The van der Waals surface area contributed by atoms with Crippen LogP contribution in [0.3, 0.4) is 0 Å². The van der Waals surface area contributed by atoms with Crippen LogP contribution in [-0.2, 0) is 11.2 Å². The van der Waals surface area contributed by atoms with Crippen molar-refractivity contribution in [2.75, 3.05) is 6.61 Å². The number of carbonyl (C=O) groups excluding carboxylic acids is 1. The minimum absolute atomic E-state index is 0.0870. The number of hydrogen-bond acceptors (Lipinski definition) is 3. The van der Waals surface area contributed by atoms with Gasteiger partial charge in [0.1, 0.15) is 0 Å². The Morgan fingerprint density at radius 2 is 2.23 bits per heavy atom. The van der Waals surface area contributed by atoms with Gasteiger partial charge in [-0.1, -0.05) is 35.3 Å². The van der Waals surface area contributed by atoms with Gasteiger partial charge in [0.15, 0.2) is 0 Å². The Kier molecular flexibility index (Phi) is 4.50. The Hall–Kier alpha value is -1.78. The van der Waals surface area contributed by atoms with Crippen LogP contribution in [-0.4, -0.2) is 17.5 Å². The van der Waals surface area contributed by atoms with E-state index < -0.39 is 0 Å². The van der Waals surface area contributed by atoms with E-state index in [-0.39, 0.29) is 18.4 Å². The molecule has 0 radical (unpaired) electrons. The van der Waals surface area contributed by atoms with Gasteiger partial charge in [0.25, 0.3) is 0 Å². The first kappa shape index (κ1) is 15.1. The lowest BCUT2D eigenvalue weighted by Gasteiger charge is -2.25. The van der Waals surface area contributed by atoms with Crippen LogP contribution in [0.4, 0.5) is 0 Å². The molecule has 0 saturated heterocycles. The number of nitrogens with one attached hydrogen (secondary N) is 1. The van der Waals surface area contributed by atoms with Gasteiger partial charge in [0, 0.05) is 28.2 Å². The maximum atomic E-state index is 12.3. The average Bonchev–Trinajstić information content (AvgIpc) is 2.50. The molecule has 1 aromatic heterocycles. The fourth-order valence-electron chi connectivity index (χ4n) is 2.45. The van der Waals surface area contributed by atoms with Crippen molar-refractivity contribution in [3.63, 3.8) is 0 Å². The number of pyridine rings is 1. The van der Waals surface area contributed by atoms with E-state index in [2.05, 4.69) is 10.3 Å². The Bertz CT molecular complexity index is 706. The Balaban J connectivity index is 1.70. The fourth-order valence-corrected chi connectivity index (χ4v) is 2.93. The fraction of sp³-hybridized carbons (Fsp3) is 0.250. The molecule has 2 aromatic rings. The van der Waals surface area contributed by atoms with E-state index in [0.717, 1.165) is 17.5 Å². The van der Waals surface area contributed by atoms with E-state index in [1.54, 1.807) is 24.4 Å². The van der Waals surface area contributed by atoms with Crippen molar-refractivity contribution in [1.29, 1.82) is 0 Å². The van der Waals surface area contributed by atoms with Crippen molar-refractivity contribution < 1.29 is 9.53 Å². The highest BCUT2D eigenvalue weighted by Crippen LogP contribution is 2.29. The Labute approximate surface area is 138 Å². The number of amides is 1. The number of benzene rings is 1. The van der Waals surface area contributed by atoms with Crippen molar-refractivity contribution in [2.24, 2.45) is 0 Å². The number of rotatable bonds is 3. The third-order valence-electron chi connectivity index (χ3n) is 3.52. The summed E-state index contributed by atoms with van der Waals surface area (Å²) in [5.74, 6) is 0.495. The second-order valence-corrected chi connectivity index (χ2v) is 5.91. The highest BCUT2D eigenvalue weighted by Gasteiger charge is 2.23. The van der Waals surface area contributed by atoms with Gasteiger partial charge in [-0.05, 0) is 23.8 Å². The summed E-state index contributed by atoms with van der Waals surface area (Å²) in [7, 11) is 0. The molecule has 6 heteroatoms. The third-order valence-corrected chi connectivity index (χ3v) is 4.11. The van der Waals surface area contributed by atoms with Crippen molar-refractivity contribution in [2.45, 2.75) is 18.9 Å². The molecular formula is C16H14Cl2N2O2. The smallest absolute Gasteiger partial charge is 0.224 e. The van der Waals surface area contributed by atoms with E-state index in [1.165, 1.54) is 0 Å². The lowest BCUT2D eigenvalue weighted by Crippen LogP contribution is -2.33. The van der Waals surface area contributed by atoms with Crippen LogP contribution in [0.2, 0.25) is 10.0 Å². The van der Waals surface area contributed by atoms with E-state index in [1.807, 2.05) is 12.1 Å². The number of nitrogens with zero attached hydrogens (tertiary/aromatic N) is 1. The molecule has 0 fully saturated rings. The first-order valence-electron chi connectivity index (χ1n) is 6.94. The summed E-state index contributed by atoms with van der Waals surface area (Å²) in [5.41, 5.74) is 1.66. The Morgan fingerprint density at radius 1 is 1.36 bits per heavy atom. The zero-order chi connectivity index (χ0) is 15.5. The largest absolute Gasteiger partial charge is 0.477 e. The number of halogens is 2. The molecule has 1 atom stereocenters. The lowest BCUT2D eigenvalue weighted by atomic mass is 10.0. The molecule has 0 unspecified atom stereocenters. The molecule has 0 saturated carbocycles. The maximum absolute atomic E-state index is 12.3. The quantitative estimate of drug-likeness (QED) is 0.932. The molecule has 114 valence electrons. The van der Waals surface area contributed by atoms with Crippen molar-refractivity contribution in [3.05, 3.63) is 57.7 Å². The third kappa shape index (κ3) is 3.34. The summed E-state index contributed by atoms with van der Waals surface area (Å²) in [5, 5.41) is 4.07. The first-order valence-corrected chi connectivity index (χ1v) is 7.70. The molecule has 0 aliphatic carbocycles. The van der Waals surface area contributed by atoms with Crippen molar-refractivity contribution >= 4 is 29.1 Å². The van der Waals surface area contributed by atoms with E-state index in [9.17, 15) is 4.79 Å². The zero-order valence-electron chi connectivity index (χ0n) is 11.7. The van der Waals surface area contributed by atoms with Crippen LogP contribution in [0.15, 0.2) is 36.5 Å². The molecular weight excluding hydrogens is 323 g/mol. The number of carbonyl (C=O) groups is 1. The molecule has 4 nitrogen and oxygen atoms in total. The van der Waals surface area contributed by atoms with E-state index in [0.29, 0.717) is 22.5 Å². The van der Waals surface area contributed by atoms with Crippen LogP contribution in [0.1, 0.15) is 23.6 Å². The van der Waals surface area contributed by atoms with Gasteiger partial charge in [0.2, 0.25) is 11.8 Å². The lowest BCUT2D eigenvalue weighted by molar-refractivity contribution is -0.121. The maximum Gasteiger partial charge on any atom is 0.224 e. The van der Waals surface area contributed by atoms with E-state index >= 15 is 0 Å². The minimum Gasteiger partial charge on any atom is -0.477 e. The zero-order valence-corrected chi connectivity index (χ0v) is 13.2. The van der Waals surface area contributed by atoms with Crippen molar-refractivity contribution in [3.8, 4) is 5.88 Å². The summed E-state index contributed by atoms with van der Waals surface area (Å²) in [6.45, 7) is 0.538. The molecule has 3 rings (SSSR count). The number of hydrogen-bond donors (Lipinski definition) is 1. The van der Waals surface area contributed by atoms with Crippen LogP contribution in [0.25, 0.3) is 0 Å². The van der Waals surface area contributed by atoms with Gasteiger partial charge in [-0.15, -0.1) is 0 Å². The average molecular weight is 337 g/mol. The normalized spacial score (nSPS) is 16.5. The predicted molar refractivity (Wildman–Crippen MR) is 85.4 cm³/mol. The summed E-state index contributed by atoms with van der Waals surface area (Å²) < 4.78 is 5.49. The topological polar surface area (TPSA) is 51.2 Å². The van der Waals surface area contributed by atoms with Gasteiger partial charge >= 0.3 is 0 Å². The Morgan fingerprint density at radius 3 is 3.05 bits per heavy atom. The number of ether oxygens (including phenoxy) is 1. The molecule has 0 spiro atoms. The number of aromatic nitrogens is 1. The van der Waals surface area contributed by atoms with Crippen LogP contribution < -0.4 is 10.1 Å². The number of fused-ring (bicyclic) bond motifs is 1. The molecule has 1 aliphatic rings. The molecule has 1 amide bonds. The van der Waals surface area contributed by atoms with Crippen LogP contribution in [0.5, 0.6) is 5.88 Å². The molecule has 22 heavy (non-hydrogen) atoms. The standard InChI is InChI=1S/C16H14Cl2N2O2/c17-11-4-3-10(13(18)9-11)8-15(21)20-14-5-7-22-16-12(14)2-1-6-19-16/h1-4,6,9,14H,5,7-8H2,(H,20,21)/t14-/m1/s1. The summed E-state index contributed by atoms with van der Waals surface area (Å²) in [6, 6.07) is 8.80. The molecule has 1 aliphatic heterocycles. The van der Waals surface area contributed by atoms with Gasteiger partial charge in [-0.25, -0.2) is 4.98 Å². The molecule has 1 aromatic carbocycles. The van der Waals surface area contributed by atoms with Gasteiger partial charge < -0.3 is 10.1 Å². The van der Waals surface area contributed by atoms with Crippen LogP contribution in [0, 0.1) is 0 Å². The van der Waals surface area contributed by atoms with Gasteiger partial charge in [0.05, 0.1) is 19.1 Å². The van der Waals surface area contributed by atoms with E-state index in [4.69, 9.17) is 27.9 Å². The highest BCUT2D eigenvalue weighted by molar-refractivity contribution is 6.35. The SMILES string of the molecule is O=C(Cc1ccc(Cl)cc1Cl)N[C@@H]1CCOc2ncccc21. The molecule has 0 bridgehead atoms. The summed E-state index contributed by atoms with van der Waals surface area (Å²) in [6.07, 6.45) is 2.61. The molecule has 2 heterocycles. The minimum atomic E-state index is -0.0917. The van der Waals surface area contributed by atoms with Crippen molar-refractivity contribution in [1.82, 2.24) is 10.3 Å². The van der Waals surface area contributed by atoms with Gasteiger partial charge in [-0.3, -0.25) is 4.79 Å². The van der Waals surface area contributed by atoms with Gasteiger partial charge in [-0.2, -0.15) is 0 Å². The van der Waals surface area contributed by atoms with Crippen LogP contribution >= 0.6 is 23.2 Å². The summed E-state index contributed by atoms with van der Waals surface area (Å²) >= 11 is 12.0. The summed E-state index contributed by atoms with van der Waals surface area (Å²) in [4.78, 5) is 16.4. The first-order chi connectivity index (χ1) is 10.6. The second kappa shape index (κ2) is 6.55. The highest BCUT2D eigenvalue weighted by atomic mass is 35.5.